The average Bonchev–Trinajstić information content (AvgIpc) is 3.72. The van der Waals surface area contributed by atoms with Gasteiger partial charge in [-0.05, 0) is 74.1 Å². The van der Waals surface area contributed by atoms with Crippen LogP contribution in [0.15, 0.2) is 55.0 Å². The molecule has 16 heteroatoms. The molecule has 1 aliphatic carbocycles. The molecule has 3 saturated heterocycles. The van der Waals surface area contributed by atoms with Crippen LogP contribution in [-0.2, 0) is 16.1 Å². The summed E-state index contributed by atoms with van der Waals surface area (Å²) in [5.41, 5.74) is 4.24. The van der Waals surface area contributed by atoms with E-state index < -0.39 is 29.7 Å². The van der Waals surface area contributed by atoms with Crippen molar-refractivity contribution in [1.82, 2.24) is 34.6 Å². The van der Waals surface area contributed by atoms with Gasteiger partial charge in [-0.2, -0.15) is 5.10 Å². The monoisotopic (exact) mass is 757 g/mol. The van der Waals surface area contributed by atoms with E-state index in [4.69, 9.17) is 4.74 Å². The number of anilines is 2. The highest BCUT2D eigenvalue weighted by Crippen LogP contribution is 2.39. The Kier molecular flexibility index (Phi) is 8.13. The molecule has 1 saturated carbocycles. The Morgan fingerprint density at radius 3 is 2.50 bits per heavy atom. The molecule has 4 fully saturated rings. The van der Waals surface area contributed by atoms with Gasteiger partial charge in [0.15, 0.2) is 5.65 Å². The standard InChI is InChI=1S/C40H39N9O7/c50-34-7-6-32(37(52)44-34)49-39(54)27-5-2-25(15-29(27)40(49)55)46-19-22(20-46)18-45-12-8-24(9-13-45)47-21-23-14-31(33(56-26-3-4-26)16-28(23)38(47)53)43-36(51)30-17-42-48-11-1-10-41-35(30)48/h1-2,5,10-11,14-17,22,24,26,32H,3-4,6-9,12-13,18-21H2,(H,43,51)(H,44,50,52). The largest absolute Gasteiger partial charge is 0.488 e. The first kappa shape index (κ1) is 34.3. The molecule has 7 heterocycles. The number of amides is 6. The maximum absolute atomic E-state index is 13.8. The van der Waals surface area contributed by atoms with Gasteiger partial charge in [0.25, 0.3) is 23.6 Å². The first-order chi connectivity index (χ1) is 27.2. The summed E-state index contributed by atoms with van der Waals surface area (Å²) in [4.78, 5) is 89.6. The summed E-state index contributed by atoms with van der Waals surface area (Å²) in [6, 6.07) is 9.78. The quantitative estimate of drug-likeness (QED) is 0.240. The number of ether oxygens (including phenoxy) is 1. The van der Waals surface area contributed by atoms with E-state index in [1.807, 2.05) is 17.0 Å². The van der Waals surface area contributed by atoms with Gasteiger partial charge in [0.2, 0.25) is 11.8 Å². The number of fused-ring (bicyclic) bond motifs is 3. The van der Waals surface area contributed by atoms with Crippen LogP contribution >= 0.6 is 0 Å². The SMILES string of the molecule is O=C1CCC(N2C(=O)c3ccc(N4CC(CN5CCC(N6Cc7cc(NC(=O)c8cnn9cccnc89)c(OC8CC8)cc7C6=O)CC5)C4)cc3C2=O)C(=O)N1. The van der Waals surface area contributed by atoms with Gasteiger partial charge in [-0.1, -0.05) is 0 Å². The van der Waals surface area contributed by atoms with Gasteiger partial charge in [-0.3, -0.25) is 39.0 Å². The van der Waals surface area contributed by atoms with E-state index in [-0.39, 0.29) is 47.9 Å². The van der Waals surface area contributed by atoms with Gasteiger partial charge in [0, 0.05) is 81.3 Å². The van der Waals surface area contributed by atoms with Gasteiger partial charge in [-0.25, -0.2) is 9.50 Å². The Hall–Kier alpha value is -6.16. The van der Waals surface area contributed by atoms with Gasteiger partial charge >= 0.3 is 0 Å². The highest BCUT2D eigenvalue weighted by Gasteiger charge is 2.45. The molecule has 56 heavy (non-hydrogen) atoms. The average molecular weight is 758 g/mol. The van der Waals surface area contributed by atoms with Crippen LogP contribution in [0.2, 0.25) is 0 Å². The molecule has 1 atom stereocenters. The number of carbonyl (C=O) groups excluding carboxylic acids is 6. The fraction of sp³-hybridized carbons (Fsp3) is 0.400. The normalized spacial score (nSPS) is 21.8. The number of rotatable bonds is 9. The summed E-state index contributed by atoms with van der Waals surface area (Å²) >= 11 is 0. The Bertz CT molecular complexity index is 2360. The van der Waals surface area contributed by atoms with E-state index in [1.165, 1.54) is 6.20 Å². The lowest BCUT2D eigenvalue weighted by Crippen LogP contribution is -2.54. The molecule has 5 aliphatic heterocycles. The smallest absolute Gasteiger partial charge is 0.262 e. The summed E-state index contributed by atoms with van der Waals surface area (Å²) in [5, 5.41) is 9.48. The van der Waals surface area contributed by atoms with E-state index in [1.54, 1.807) is 41.2 Å². The molecule has 4 aromatic rings. The van der Waals surface area contributed by atoms with E-state index >= 15 is 0 Å². The molecule has 1 unspecified atom stereocenters. The van der Waals surface area contributed by atoms with Crippen LogP contribution in [0.4, 0.5) is 11.4 Å². The number of benzene rings is 2. The minimum atomic E-state index is -0.986. The molecule has 6 amide bonds. The van der Waals surface area contributed by atoms with E-state index in [9.17, 15) is 28.8 Å². The molecule has 0 bridgehead atoms. The lowest BCUT2D eigenvalue weighted by Gasteiger charge is -2.45. The second kappa shape index (κ2) is 13.3. The number of piperidine rings is 2. The predicted molar refractivity (Wildman–Crippen MR) is 199 cm³/mol. The summed E-state index contributed by atoms with van der Waals surface area (Å²) in [7, 11) is 0. The van der Waals surface area contributed by atoms with Crippen molar-refractivity contribution in [1.29, 1.82) is 0 Å². The minimum Gasteiger partial charge on any atom is -0.488 e. The lowest BCUT2D eigenvalue weighted by molar-refractivity contribution is -0.136. The van der Waals surface area contributed by atoms with Crippen molar-refractivity contribution >= 4 is 52.5 Å². The van der Waals surface area contributed by atoms with Crippen LogP contribution in [0.3, 0.4) is 0 Å². The Morgan fingerprint density at radius 2 is 1.71 bits per heavy atom. The second-order valence-electron chi connectivity index (χ2n) is 15.6. The van der Waals surface area contributed by atoms with E-state index in [2.05, 4.69) is 30.5 Å². The number of nitrogens with one attached hydrogen (secondary N) is 2. The Labute approximate surface area is 320 Å². The molecule has 0 radical (unpaired) electrons. The molecule has 0 spiro atoms. The summed E-state index contributed by atoms with van der Waals surface area (Å²) in [6.45, 7) is 4.78. The number of nitrogens with zero attached hydrogens (tertiary/aromatic N) is 7. The molecular weight excluding hydrogens is 718 g/mol. The maximum Gasteiger partial charge on any atom is 0.262 e. The fourth-order valence-electron chi connectivity index (χ4n) is 8.73. The molecule has 2 aromatic carbocycles. The van der Waals surface area contributed by atoms with Crippen molar-refractivity contribution in [2.24, 2.45) is 5.92 Å². The number of hydrogen-bond acceptors (Lipinski definition) is 11. The third kappa shape index (κ3) is 5.95. The third-order valence-corrected chi connectivity index (χ3v) is 11.9. The molecule has 6 aliphatic rings. The highest BCUT2D eigenvalue weighted by molar-refractivity contribution is 6.23. The summed E-state index contributed by atoms with van der Waals surface area (Å²) < 4.78 is 7.75. The van der Waals surface area contributed by atoms with Gasteiger partial charge in [-0.15, -0.1) is 0 Å². The molecule has 16 nitrogen and oxygen atoms in total. The zero-order valence-corrected chi connectivity index (χ0v) is 30.5. The van der Waals surface area contributed by atoms with Crippen molar-refractivity contribution in [2.75, 3.05) is 42.9 Å². The molecule has 286 valence electrons. The van der Waals surface area contributed by atoms with Crippen molar-refractivity contribution in [3.05, 3.63) is 82.8 Å². The van der Waals surface area contributed by atoms with Crippen LogP contribution in [-0.4, -0.2) is 116 Å². The van der Waals surface area contributed by atoms with Crippen molar-refractivity contribution < 1.29 is 33.5 Å². The van der Waals surface area contributed by atoms with E-state index in [0.717, 1.165) is 74.6 Å². The van der Waals surface area contributed by atoms with Crippen molar-refractivity contribution in [3.63, 3.8) is 0 Å². The zero-order valence-electron chi connectivity index (χ0n) is 30.5. The molecule has 10 rings (SSSR count). The first-order valence-corrected chi connectivity index (χ1v) is 19.3. The molecular formula is C40H39N9O7. The molecule has 2 N–H and O–H groups in total. The molecule has 2 aromatic heterocycles. The number of likely N-dealkylation sites (tertiary alicyclic amines) is 1. The zero-order chi connectivity index (χ0) is 38.2. The predicted octanol–water partition coefficient (Wildman–Crippen LogP) is 2.48. The highest BCUT2D eigenvalue weighted by atomic mass is 16.5. The lowest BCUT2D eigenvalue weighted by atomic mass is 9.95. The van der Waals surface area contributed by atoms with Crippen molar-refractivity contribution in [2.45, 2.75) is 63.3 Å². The number of hydrogen-bond donors (Lipinski definition) is 2. The fourth-order valence-corrected chi connectivity index (χ4v) is 8.73. The number of carbonyl (C=O) groups is 6. The minimum absolute atomic E-state index is 0.00630. The third-order valence-electron chi connectivity index (χ3n) is 11.9. The Morgan fingerprint density at radius 1 is 0.911 bits per heavy atom. The van der Waals surface area contributed by atoms with Crippen LogP contribution in [0.1, 0.15) is 85.5 Å². The van der Waals surface area contributed by atoms with Crippen molar-refractivity contribution in [3.8, 4) is 5.75 Å². The summed E-state index contributed by atoms with van der Waals surface area (Å²) in [6.07, 6.45) is 8.71. The Balaban J connectivity index is 0.743. The van der Waals surface area contributed by atoms with E-state index in [0.29, 0.717) is 40.7 Å². The second-order valence-corrected chi connectivity index (χ2v) is 15.6. The summed E-state index contributed by atoms with van der Waals surface area (Å²) in [5.74, 6) is -1.45. The number of imide groups is 2. The van der Waals surface area contributed by atoms with Gasteiger partial charge in [0.1, 0.15) is 17.4 Å². The van der Waals surface area contributed by atoms with Crippen LogP contribution in [0.5, 0.6) is 5.75 Å². The topological polar surface area (TPSA) is 179 Å². The van der Waals surface area contributed by atoms with Gasteiger partial charge < -0.3 is 24.8 Å². The number of aromatic nitrogens is 3. The van der Waals surface area contributed by atoms with Crippen LogP contribution in [0, 0.1) is 5.92 Å². The van der Waals surface area contributed by atoms with Gasteiger partial charge in [0.05, 0.1) is 29.1 Å². The maximum atomic E-state index is 13.8. The first-order valence-electron chi connectivity index (χ1n) is 19.3. The van der Waals surface area contributed by atoms with Crippen LogP contribution < -0.4 is 20.3 Å². The van der Waals surface area contributed by atoms with Crippen LogP contribution in [0.25, 0.3) is 5.65 Å².